The van der Waals surface area contributed by atoms with Gasteiger partial charge in [-0.3, -0.25) is 0 Å². The molecule has 0 amide bonds. The molecule has 0 atom stereocenters. The van der Waals surface area contributed by atoms with Crippen molar-refractivity contribution < 1.29 is 0 Å². The molecule has 7 rings (SSSR count). The van der Waals surface area contributed by atoms with Crippen molar-refractivity contribution in [3.8, 4) is 0 Å². The molecule has 3 heterocycles. The van der Waals surface area contributed by atoms with Crippen molar-refractivity contribution in [2.75, 3.05) is 0 Å². The predicted octanol–water partition coefficient (Wildman–Crippen LogP) is 11.4. The molecule has 4 aromatic carbocycles. The normalized spacial score (nSPS) is 15.1. The Balaban J connectivity index is 1.66. The minimum atomic E-state index is -2.20. The molecule has 0 saturated heterocycles. The van der Waals surface area contributed by atoms with Crippen molar-refractivity contribution in [3.63, 3.8) is 0 Å². The highest BCUT2D eigenvalue weighted by molar-refractivity contribution is 7.28. The minimum absolute atomic E-state index is 1.16. The van der Waals surface area contributed by atoms with Crippen molar-refractivity contribution in [1.29, 1.82) is 0 Å². The molecule has 0 saturated carbocycles. The Morgan fingerprint density at radius 1 is 0.525 bits per heavy atom. The molecule has 2 aromatic heterocycles. The summed E-state index contributed by atoms with van der Waals surface area (Å²) >= 11 is 3.99. The second kappa shape index (κ2) is 9.85. The van der Waals surface area contributed by atoms with Crippen LogP contribution in [0.25, 0.3) is 41.7 Å². The molecule has 40 heavy (non-hydrogen) atoms. The molecule has 3 heteroatoms. The summed E-state index contributed by atoms with van der Waals surface area (Å²) in [5.74, 6) is 0. The molecule has 0 bridgehead atoms. The summed E-state index contributed by atoms with van der Waals surface area (Å²) in [6.07, 6.45) is 0. The molecular weight excluding hydrogens is 537 g/mol. The summed E-state index contributed by atoms with van der Waals surface area (Å²) in [5.41, 5.74) is 8.41. The summed E-state index contributed by atoms with van der Waals surface area (Å²) in [6, 6.07) is 41.5. The van der Waals surface area contributed by atoms with E-state index < -0.39 is 8.07 Å². The zero-order valence-electron chi connectivity index (χ0n) is 23.4. The van der Waals surface area contributed by atoms with Crippen LogP contribution < -0.4 is 0 Å². The van der Waals surface area contributed by atoms with Gasteiger partial charge in [0.1, 0.15) is 8.07 Å². The van der Waals surface area contributed by atoms with E-state index in [-0.39, 0.29) is 0 Å². The number of allylic oxidation sites excluding steroid dienone is 2. The lowest BCUT2D eigenvalue weighted by molar-refractivity contribution is 1.40. The summed E-state index contributed by atoms with van der Waals surface area (Å²) in [4.78, 5) is 2.97. The fourth-order valence-corrected chi connectivity index (χ4v) is 14.6. The van der Waals surface area contributed by atoms with Gasteiger partial charge < -0.3 is 0 Å². The summed E-state index contributed by atoms with van der Waals surface area (Å²) in [6.45, 7) is 9.77. The van der Waals surface area contributed by atoms with Crippen LogP contribution in [0, 0.1) is 13.8 Å². The van der Waals surface area contributed by atoms with Gasteiger partial charge in [-0.15, -0.1) is 22.7 Å². The van der Waals surface area contributed by atoms with E-state index in [9.17, 15) is 0 Å². The van der Waals surface area contributed by atoms with E-state index in [0.29, 0.717) is 0 Å². The molecule has 0 spiro atoms. The van der Waals surface area contributed by atoms with Crippen LogP contribution in [-0.4, -0.2) is 8.07 Å². The molecule has 0 aliphatic carbocycles. The van der Waals surface area contributed by atoms with E-state index in [0.717, 1.165) is 6.04 Å². The molecular formula is C37H32S2Si. The average molecular weight is 569 g/mol. The Morgan fingerprint density at radius 2 is 0.900 bits per heavy atom. The predicted molar refractivity (Wildman–Crippen MR) is 182 cm³/mol. The van der Waals surface area contributed by atoms with Gasteiger partial charge >= 0.3 is 0 Å². The number of rotatable bonds is 5. The lowest BCUT2D eigenvalue weighted by Gasteiger charge is -2.29. The molecule has 0 N–H and O–H groups in total. The third-order valence-electron chi connectivity index (χ3n) is 8.83. The smallest absolute Gasteiger partial charge is 0.120 e. The third-order valence-corrected chi connectivity index (χ3v) is 16.4. The lowest BCUT2D eigenvalue weighted by atomic mass is 9.90. The zero-order valence-corrected chi connectivity index (χ0v) is 26.0. The van der Waals surface area contributed by atoms with Gasteiger partial charge in [0.25, 0.3) is 0 Å². The zero-order chi connectivity index (χ0) is 27.4. The summed E-state index contributed by atoms with van der Waals surface area (Å²) < 4.78 is 2.77. The number of thiophene rings is 2. The topological polar surface area (TPSA) is 0 Å². The minimum Gasteiger partial charge on any atom is -0.136 e. The van der Waals surface area contributed by atoms with E-state index in [4.69, 9.17) is 0 Å². The van der Waals surface area contributed by atoms with E-state index in [1.54, 1.807) is 10.4 Å². The molecule has 0 fully saturated rings. The molecule has 196 valence electrons. The maximum Gasteiger partial charge on any atom is 0.120 e. The van der Waals surface area contributed by atoms with Crippen LogP contribution in [0.1, 0.15) is 38.9 Å². The Bertz CT molecular complexity index is 1810. The van der Waals surface area contributed by atoms with Gasteiger partial charge in [0.15, 0.2) is 0 Å². The van der Waals surface area contributed by atoms with E-state index in [1.165, 1.54) is 63.3 Å². The number of benzene rings is 4. The Hall–Kier alpha value is -3.50. The highest BCUT2D eigenvalue weighted by Crippen LogP contribution is 2.60. The van der Waals surface area contributed by atoms with Crippen LogP contribution in [0.2, 0.25) is 12.6 Å². The fourth-order valence-electron chi connectivity index (χ4n) is 6.62. The summed E-state index contributed by atoms with van der Waals surface area (Å²) in [7, 11) is -2.20. The molecule has 6 aromatic rings. The monoisotopic (exact) mass is 568 g/mol. The third kappa shape index (κ3) is 3.76. The van der Waals surface area contributed by atoms with Gasteiger partial charge in [-0.1, -0.05) is 117 Å². The van der Waals surface area contributed by atoms with Gasteiger partial charge in [-0.2, -0.15) is 0 Å². The second-order valence-electron chi connectivity index (χ2n) is 11.0. The highest BCUT2D eigenvalue weighted by Gasteiger charge is 2.47. The quantitative estimate of drug-likeness (QED) is 0.181. The number of aryl methyl sites for hydroxylation is 2. The van der Waals surface area contributed by atoms with Gasteiger partial charge in [-0.25, -0.2) is 0 Å². The van der Waals surface area contributed by atoms with Crippen molar-refractivity contribution in [1.82, 2.24) is 0 Å². The highest BCUT2D eigenvalue weighted by atomic mass is 32.1. The van der Waals surface area contributed by atoms with Crippen molar-refractivity contribution in [2.24, 2.45) is 0 Å². The van der Waals surface area contributed by atoms with E-state index >= 15 is 0 Å². The molecule has 0 radical (unpaired) electrons. The SMILES string of the molecule is CC[Si]1(C)C(c2sc3ccccc3c2C)=C(c2ccccc2)C(c2ccccc2)=C1c1sc2ccccc2c1C. The van der Waals surface area contributed by atoms with Gasteiger partial charge in [-0.05, 0) is 80.5 Å². The maximum absolute atomic E-state index is 2.64. The number of hydrogen-bond acceptors (Lipinski definition) is 2. The van der Waals surface area contributed by atoms with Gasteiger partial charge in [0.2, 0.25) is 0 Å². The summed E-state index contributed by atoms with van der Waals surface area (Å²) in [5, 5.41) is 6.02. The molecule has 0 unspecified atom stereocenters. The molecule has 0 nitrogen and oxygen atoms in total. The van der Waals surface area contributed by atoms with Gasteiger partial charge in [0, 0.05) is 19.2 Å². The van der Waals surface area contributed by atoms with Crippen LogP contribution in [-0.2, 0) is 0 Å². The second-order valence-corrected chi connectivity index (χ2v) is 17.5. The van der Waals surface area contributed by atoms with Crippen LogP contribution >= 0.6 is 22.7 Å². The van der Waals surface area contributed by atoms with Crippen LogP contribution in [0.4, 0.5) is 0 Å². The number of fused-ring (bicyclic) bond motifs is 2. The lowest BCUT2D eigenvalue weighted by Crippen LogP contribution is -2.31. The maximum atomic E-state index is 2.64. The van der Waals surface area contributed by atoms with E-state index in [2.05, 4.69) is 137 Å². The first-order chi connectivity index (χ1) is 19.5. The fraction of sp³-hybridized carbons (Fsp3) is 0.135. The first-order valence-corrected chi connectivity index (χ1v) is 18.4. The van der Waals surface area contributed by atoms with Crippen LogP contribution in [0.3, 0.4) is 0 Å². The van der Waals surface area contributed by atoms with Crippen molar-refractivity contribution >= 4 is 72.5 Å². The average Bonchev–Trinajstić information content (AvgIpc) is 3.60. The molecule has 1 aliphatic rings. The first kappa shape index (κ1) is 25.5. The standard InChI is InChI=1S/C37H32S2Si/c1-5-40(4)36(34-24(2)28-20-12-14-22-30(28)38-34)32(26-16-8-6-9-17-26)33(27-18-10-7-11-19-27)37(40)35-25(3)29-21-13-15-23-31(29)39-35/h6-23H,5H2,1-4H3. The largest absolute Gasteiger partial charge is 0.136 e. The Morgan fingerprint density at radius 3 is 1.27 bits per heavy atom. The Kier molecular flexibility index (Phi) is 6.27. The Labute approximate surface area is 246 Å². The van der Waals surface area contributed by atoms with Crippen molar-refractivity contribution in [2.45, 2.75) is 33.4 Å². The van der Waals surface area contributed by atoms with Crippen LogP contribution in [0.15, 0.2) is 109 Å². The van der Waals surface area contributed by atoms with Gasteiger partial charge in [0.05, 0.1) is 0 Å². The number of hydrogen-bond donors (Lipinski definition) is 0. The van der Waals surface area contributed by atoms with Crippen molar-refractivity contribution in [3.05, 3.63) is 141 Å². The molecule has 1 aliphatic heterocycles. The first-order valence-electron chi connectivity index (χ1n) is 14.1. The van der Waals surface area contributed by atoms with Crippen LogP contribution in [0.5, 0.6) is 0 Å². The van der Waals surface area contributed by atoms with E-state index in [1.807, 2.05) is 22.7 Å².